The van der Waals surface area contributed by atoms with Crippen molar-refractivity contribution in [2.24, 2.45) is 5.92 Å². The number of nitro benzene ring substituents is 2. The fourth-order valence-corrected chi connectivity index (χ4v) is 3.12. The molecule has 0 amide bonds. The lowest BCUT2D eigenvalue weighted by Crippen LogP contribution is -2.30. The summed E-state index contributed by atoms with van der Waals surface area (Å²) in [5.41, 5.74) is -1.19. The van der Waals surface area contributed by atoms with Gasteiger partial charge in [-0.2, -0.15) is 0 Å². The monoisotopic (exact) mass is 500 g/mol. The van der Waals surface area contributed by atoms with Crippen molar-refractivity contribution in [1.82, 2.24) is 0 Å². The molecule has 0 bridgehead atoms. The first-order chi connectivity index (χ1) is 16.9. The van der Waals surface area contributed by atoms with Crippen molar-refractivity contribution in [1.29, 1.82) is 0 Å². The second-order valence-corrected chi connectivity index (χ2v) is 7.35. The Bertz CT molecular complexity index is 1310. The van der Waals surface area contributed by atoms with E-state index < -0.39 is 62.8 Å². The van der Waals surface area contributed by atoms with Gasteiger partial charge in [-0.05, 0) is 47.9 Å². The van der Waals surface area contributed by atoms with Gasteiger partial charge in [0, 0.05) is 17.7 Å². The maximum absolute atomic E-state index is 12.7. The molecule has 3 N–H and O–H groups in total. The molecule has 0 fully saturated rings. The maximum Gasteiger partial charge on any atom is 0.324 e. The topological polar surface area (TPSA) is 207 Å². The van der Waals surface area contributed by atoms with Crippen molar-refractivity contribution in [2.75, 3.05) is 7.11 Å². The first-order valence-electron chi connectivity index (χ1n) is 10.0. The lowest BCUT2D eigenvalue weighted by atomic mass is 9.96. The number of rotatable bonds is 10. The van der Waals surface area contributed by atoms with Gasteiger partial charge in [0.2, 0.25) is 0 Å². The zero-order chi connectivity index (χ0) is 27.2. The van der Waals surface area contributed by atoms with Crippen LogP contribution in [-0.4, -0.2) is 49.8 Å². The Morgan fingerprint density at radius 2 is 1.39 bits per heavy atom. The third kappa shape index (κ3) is 6.15. The van der Waals surface area contributed by atoms with Crippen LogP contribution in [-0.2, 0) is 25.7 Å². The van der Waals surface area contributed by atoms with Gasteiger partial charge >= 0.3 is 17.3 Å². The van der Waals surface area contributed by atoms with Gasteiger partial charge < -0.3 is 20.1 Å². The van der Waals surface area contributed by atoms with Crippen molar-refractivity contribution in [3.05, 3.63) is 78.9 Å². The molecule has 36 heavy (non-hydrogen) atoms. The molecule has 188 valence electrons. The van der Waals surface area contributed by atoms with Gasteiger partial charge in [-0.1, -0.05) is 12.2 Å². The number of allylic oxidation sites excluding steroid dienone is 2. The van der Waals surface area contributed by atoms with Crippen LogP contribution in [0.5, 0.6) is 11.5 Å². The van der Waals surface area contributed by atoms with Crippen LogP contribution in [0.4, 0.5) is 11.4 Å². The van der Waals surface area contributed by atoms with Gasteiger partial charge in [-0.25, -0.2) is 0 Å². The quantitative estimate of drug-likeness (QED) is 0.142. The summed E-state index contributed by atoms with van der Waals surface area (Å²) in [6.45, 7) is 0.675. The Morgan fingerprint density at radius 1 is 0.917 bits per heavy atom. The average molecular weight is 500 g/mol. The fourth-order valence-electron chi connectivity index (χ4n) is 3.12. The third-order valence-electron chi connectivity index (χ3n) is 4.94. The molecular formula is C23H20N2O11. The number of hydrogen-bond donors (Lipinski definition) is 3. The summed E-state index contributed by atoms with van der Waals surface area (Å²) in [5.74, 6) is -6.48. The van der Waals surface area contributed by atoms with Gasteiger partial charge in [-0.15, -0.1) is 0 Å². The molecule has 13 heteroatoms. The van der Waals surface area contributed by atoms with Crippen LogP contribution in [0.1, 0.15) is 22.3 Å². The molecule has 0 heterocycles. The number of nitro groups is 2. The van der Waals surface area contributed by atoms with Crippen LogP contribution in [0.3, 0.4) is 0 Å². The van der Waals surface area contributed by atoms with Gasteiger partial charge in [0.15, 0.2) is 29.0 Å². The van der Waals surface area contributed by atoms with Crippen LogP contribution >= 0.6 is 0 Å². The predicted molar refractivity (Wildman–Crippen MR) is 124 cm³/mol. The van der Waals surface area contributed by atoms with Crippen LogP contribution in [0.2, 0.25) is 0 Å². The molecule has 0 aromatic heterocycles. The van der Waals surface area contributed by atoms with E-state index in [9.17, 15) is 49.9 Å². The summed E-state index contributed by atoms with van der Waals surface area (Å²) in [5, 5.41) is 51.0. The number of nitrogens with zero attached hydrogens (tertiary/aromatic N) is 2. The van der Waals surface area contributed by atoms with Crippen molar-refractivity contribution < 1.29 is 44.3 Å². The number of ketones is 2. The summed E-state index contributed by atoms with van der Waals surface area (Å²) < 4.78 is 4.52. The number of hydrogen-bond acceptors (Lipinski definition) is 11. The predicted octanol–water partition coefficient (Wildman–Crippen LogP) is 2.37. The van der Waals surface area contributed by atoms with Gasteiger partial charge in [0.05, 0.1) is 23.6 Å². The highest BCUT2D eigenvalue weighted by Crippen LogP contribution is 2.32. The minimum Gasteiger partial charge on any atom is -0.502 e. The number of phenolic OH excluding ortho intramolecular Hbond substituents is 1. The van der Waals surface area contributed by atoms with E-state index >= 15 is 0 Å². The van der Waals surface area contributed by atoms with Crippen LogP contribution in [0, 0.1) is 33.1 Å². The minimum atomic E-state index is -1.94. The molecule has 0 spiro atoms. The zero-order valence-corrected chi connectivity index (χ0v) is 18.9. The van der Waals surface area contributed by atoms with E-state index in [-0.39, 0.29) is 22.3 Å². The number of esters is 1. The largest absolute Gasteiger partial charge is 0.502 e. The van der Waals surface area contributed by atoms with Crippen molar-refractivity contribution in [3.8, 4) is 11.5 Å². The number of benzene rings is 2. The van der Waals surface area contributed by atoms with E-state index in [4.69, 9.17) is 0 Å². The van der Waals surface area contributed by atoms with E-state index in [2.05, 4.69) is 4.74 Å². The van der Waals surface area contributed by atoms with E-state index in [0.717, 1.165) is 43.5 Å². The molecule has 0 aliphatic rings. The number of methoxy groups -OCH3 is 1. The Morgan fingerprint density at radius 3 is 1.83 bits per heavy atom. The number of aromatic hydroxyl groups is 2. The lowest BCUT2D eigenvalue weighted by molar-refractivity contribution is -0.386. The number of carbonyl (C=O) groups is 3. The van der Waals surface area contributed by atoms with E-state index in [1.807, 2.05) is 0 Å². The van der Waals surface area contributed by atoms with Crippen molar-refractivity contribution >= 4 is 41.1 Å². The number of aryl methyl sites for hydroxylation is 1. The van der Waals surface area contributed by atoms with Crippen molar-refractivity contribution in [2.45, 2.75) is 13.5 Å². The first kappa shape index (κ1) is 27.3. The minimum absolute atomic E-state index is 0.0235. The van der Waals surface area contributed by atoms with E-state index in [1.54, 1.807) is 0 Å². The first-order valence-corrected chi connectivity index (χ1v) is 10.0. The van der Waals surface area contributed by atoms with Gasteiger partial charge in [-0.3, -0.25) is 34.6 Å². The smallest absolute Gasteiger partial charge is 0.324 e. The third-order valence-corrected chi connectivity index (χ3v) is 4.94. The zero-order valence-electron chi connectivity index (χ0n) is 18.9. The number of ether oxygens (including phenoxy) is 1. The van der Waals surface area contributed by atoms with Crippen molar-refractivity contribution in [3.63, 3.8) is 0 Å². The van der Waals surface area contributed by atoms with E-state index in [1.165, 1.54) is 19.1 Å². The molecule has 1 atom stereocenters. The molecular weight excluding hydrogens is 480 g/mol. The number of carbonyl (C=O) groups excluding carboxylic acids is 3. The summed E-state index contributed by atoms with van der Waals surface area (Å²) >= 11 is 0. The maximum atomic E-state index is 12.7. The molecule has 0 saturated carbocycles. The molecule has 0 saturated heterocycles. The second-order valence-electron chi connectivity index (χ2n) is 7.35. The number of aliphatic hydroxyl groups excluding tert-OH is 1. The summed E-state index contributed by atoms with van der Waals surface area (Å²) in [4.78, 5) is 57.9. The summed E-state index contributed by atoms with van der Waals surface area (Å²) in [6, 6.07) is 4.43. The Balaban J connectivity index is 2.37. The van der Waals surface area contributed by atoms with E-state index in [0.29, 0.717) is 0 Å². The highest BCUT2D eigenvalue weighted by Gasteiger charge is 2.32. The van der Waals surface area contributed by atoms with Gasteiger partial charge in [0.25, 0.3) is 0 Å². The molecule has 13 nitrogen and oxygen atoms in total. The Kier molecular flexibility index (Phi) is 8.72. The number of aliphatic hydroxyl groups is 1. The van der Waals surface area contributed by atoms with Gasteiger partial charge in [0.1, 0.15) is 0 Å². The Hall–Kier alpha value is -4.91. The summed E-state index contributed by atoms with van der Waals surface area (Å²) in [6.07, 6.45) is 3.82. The standard InChI is InChI=1S/C23H20N2O11/c1-12-7-13(9-16(21(12)29)24(32)33)3-5-18(27)20(23(31)36-2)19(28)6-4-14-8-15(11-26)22(30)17(10-14)25(34)35/h3-10,20,26,29-30H,11H2,1-2H3/b5-3+,6-4+. The average Bonchev–Trinajstić information content (AvgIpc) is 2.83. The van der Waals surface area contributed by atoms with Crippen LogP contribution < -0.4 is 0 Å². The SMILES string of the molecule is COC(=O)C(C(=O)/C=C/c1cc(C)c(O)c([N+](=O)[O-])c1)C(=O)/C=C/c1cc(CO)c(O)c([N+](=O)[O-])c1. The van der Waals surface area contributed by atoms with Crippen LogP contribution in [0.25, 0.3) is 12.2 Å². The molecule has 0 radical (unpaired) electrons. The molecule has 1 unspecified atom stereocenters. The van der Waals surface area contributed by atoms with Crippen LogP contribution in [0.15, 0.2) is 36.4 Å². The normalized spacial score (nSPS) is 12.0. The molecule has 2 aromatic rings. The molecule has 2 aromatic carbocycles. The Labute approximate surface area is 202 Å². The fraction of sp³-hybridized carbons (Fsp3) is 0.174. The highest BCUT2D eigenvalue weighted by atomic mass is 16.6. The molecule has 2 rings (SSSR count). The molecule has 0 aliphatic heterocycles. The second kappa shape index (κ2) is 11.5. The lowest BCUT2D eigenvalue weighted by Gasteiger charge is -2.08. The number of phenols is 2. The highest BCUT2D eigenvalue weighted by molar-refractivity contribution is 6.24. The molecule has 0 aliphatic carbocycles. The summed E-state index contributed by atoms with van der Waals surface area (Å²) in [7, 11) is 0.951.